The summed E-state index contributed by atoms with van der Waals surface area (Å²) in [5.41, 5.74) is 0.179. The Morgan fingerprint density at radius 1 is 1.47 bits per heavy atom. The van der Waals surface area contributed by atoms with Crippen molar-refractivity contribution in [3.8, 4) is 0 Å². The van der Waals surface area contributed by atoms with Gasteiger partial charge >= 0.3 is 5.97 Å². The van der Waals surface area contributed by atoms with E-state index in [0.29, 0.717) is 0 Å². The van der Waals surface area contributed by atoms with Gasteiger partial charge in [0.1, 0.15) is 5.56 Å². The summed E-state index contributed by atoms with van der Waals surface area (Å²) in [5.74, 6) is -0.375. The van der Waals surface area contributed by atoms with Crippen LogP contribution in [0, 0.1) is 0 Å². The summed E-state index contributed by atoms with van der Waals surface area (Å²) in [6.07, 6.45) is 1.30. The van der Waals surface area contributed by atoms with Crippen LogP contribution in [0.4, 0.5) is 5.82 Å². The minimum atomic E-state index is -0.541. The number of hydrogen-bond donors (Lipinski definition) is 3. The number of aliphatic hydroxyl groups excluding tert-OH is 2. The zero-order valence-corrected chi connectivity index (χ0v) is 10.6. The molecule has 0 aromatic carbocycles. The molecular weight excluding hydrogens is 254 g/mol. The number of aromatic nitrogens is 2. The molecule has 19 heavy (non-hydrogen) atoms. The van der Waals surface area contributed by atoms with Crippen molar-refractivity contribution in [2.75, 3.05) is 32.9 Å². The second-order valence-corrected chi connectivity index (χ2v) is 3.44. The van der Waals surface area contributed by atoms with Crippen LogP contribution in [0.1, 0.15) is 17.3 Å². The van der Waals surface area contributed by atoms with Crippen molar-refractivity contribution in [3.63, 3.8) is 0 Å². The van der Waals surface area contributed by atoms with Gasteiger partial charge in [-0.1, -0.05) is 5.22 Å². The summed E-state index contributed by atoms with van der Waals surface area (Å²) < 4.78 is 4.83. The first kappa shape index (κ1) is 15.1. The van der Waals surface area contributed by atoms with Gasteiger partial charge in [-0.25, -0.2) is 4.79 Å². The average molecular weight is 271 g/mol. The molecule has 1 heterocycles. The third-order valence-corrected chi connectivity index (χ3v) is 2.10. The number of nitrogens with zero attached hydrogens (tertiary/aromatic N) is 4. The van der Waals surface area contributed by atoms with Crippen molar-refractivity contribution >= 4 is 11.8 Å². The van der Waals surface area contributed by atoms with Gasteiger partial charge in [-0.2, -0.15) is 5.10 Å². The van der Waals surface area contributed by atoms with E-state index in [-0.39, 0.29) is 44.3 Å². The number of aromatic amines is 1. The summed E-state index contributed by atoms with van der Waals surface area (Å²) in [5, 5.41) is 32.8. The van der Waals surface area contributed by atoms with Crippen LogP contribution >= 0.6 is 0 Å². The van der Waals surface area contributed by atoms with Gasteiger partial charge in [0.05, 0.1) is 39.1 Å². The Hall–Kier alpha value is -2.00. The Kier molecular flexibility index (Phi) is 6.47. The van der Waals surface area contributed by atoms with E-state index in [0.717, 1.165) is 0 Å². The molecule has 0 fully saturated rings. The second-order valence-electron chi connectivity index (χ2n) is 3.44. The highest BCUT2D eigenvalue weighted by Crippen LogP contribution is 2.16. The van der Waals surface area contributed by atoms with Crippen LogP contribution in [0.25, 0.3) is 0 Å². The average Bonchev–Trinajstić information content (AvgIpc) is 2.85. The molecule has 3 N–H and O–H groups in total. The lowest BCUT2D eigenvalue weighted by atomic mass is 10.3. The highest BCUT2D eigenvalue weighted by Gasteiger charge is 2.14. The van der Waals surface area contributed by atoms with Gasteiger partial charge in [0, 0.05) is 0 Å². The summed E-state index contributed by atoms with van der Waals surface area (Å²) in [7, 11) is 0. The van der Waals surface area contributed by atoms with Gasteiger partial charge in [-0.15, -0.1) is 5.11 Å². The van der Waals surface area contributed by atoms with Gasteiger partial charge in [-0.05, 0) is 6.92 Å². The van der Waals surface area contributed by atoms with Crippen molar-refractivity contribution in [2.24, 2.45) is 10.3 Å². The summed E-state index contributed by atoms with van der Waals surface area (Å²) in [4.78, 5) is 11.5. The summed E-state index contributed by atoms with van der Waals surface area (Å²) in [6, 6.07) is 0. The Balaban J connectivity index is 2.75. The molecule has 0 saturated carbocycles. The van der Waals surface area contributed by atoms with E-state index in [4.69, 9.17) is 14.9 Å². The first-order valence-corrected chi connectivity index (χ1v) is 5.81. The monoisotopic (exact) mass is 271 g/mol. The molecule has 0 aliphatic carbocycles. The third-order valence-electron chi connectivity index (χ3n) is 2.10. The third kappa shape index (κ3) is 4.64. The highest BCUT2D eigenvalue weighted by atomic mass is 16.5. The van der Waals surface area contributed by atoms with Crippen LogP contribution in [-0.2, 0) is 4.74 Å². The number of rotatable bonds is 8. The van der Waals surface area contributed by atoms with E-state index in [1.807, 2.05) is 0 Å². The van der Waals surface area contributed by atoms with Crippen LogP contribution in [0.5, 0.6) is 0 Å². The molecule has 0 unspecified atom stereocenters. The molecule has 0 spiro atoms. The zero-order chi connectivity index (χ0) is 14.1. The molecule has 9 nitrogen and oxygen atoms in total. The number of ether oxygens (including phenoxy) is 1. The van der Waals surface area contributed by atoms with E-state index < -0.39 is 5.97 Å². The molecule has 0 saturated heterocycles. The lowest BCUT2D eigenvalue weighted by Crippen LogP contribution is -2.24. The maximum atomic E-state index is 11.5. The van der Waals surface area contributed by atoms with Crippen LogP contribution in [-0.4, -0.2) is 64.3 Å². The maximum Gasteiger partial charge on any atom is 0.343 e. The van der Waals surface area contributed by atoms with Gasteiger partial charge in [0.25, 0.3) is 0 Å². The molecule has 0 aliphatic rings. The summed E-state index contributed by atoms with van der Waals surface area (Å²) >= 11 is 0. The van der Waals surface area contributed by atoms with E-state index >= 15 is 0 Å². The minimum absolute atomic E-state index is 0.118. The van der Waals surface area contributed by atoms with Crippen molar-refractivity contribution in [3.05, 3.63) is 11.8 Å². The van der Waals surface area contributed by atoms with Crippen molar-refractivity contribution < 1.29 is 19.7 Å². The Morgan fingerprint density at radius 3 is 2.74 bits per heavy atom. The predicted octanol–water partition coefficient (Wildman–Crippen LogP) is -0.128. The predicted molar refractivity (Wildman–Crippen MR) is 64.8 cm³/mol. The lowest BCUT2D eigenvalue weighted by Gasteiger charge is -2.13. The van der Waals surface area contributed by atoms with E-state index in [1.54, 1.807) is 6.92 Å². The topological polar surface area (TPSA) is 123 Å². The van der Waals surface area contributed by atoms with Gasteiger partial charge in [0.2, 0.25) is 0 Å². The quantitative estimate of drug-likeness (QED) is 0.344. The molecule has 1 aromatic rings. The van der Waals surface area contributed by atoms with Crippen molar-refractivity contribution in [1.82, 2.24) is 15.2 Å². The van der Waals surface area contributed by atoms with E-state index in [9.17, 15) is 4.79 Å². The maximum absolute atomic E-state index is 11.5. The Labute approximate surface area is 109 Å². The van der Waals surface area contributed by atoms with Crippen LogP contribution in [0.15, 0.2) is 16.5 Å². The molecule has 9 heteroatoms. The SMILES string of the molecule is CCOC(=O)c1cn[nH]c1/N=N/N(CCO)CCO. The van der Waals surface area contributed by atoms with Gasteiger partial charge in [0.15, 0.2) is 5.82 Å². The molecule has 0 bridgehead atoms. The smallest absolute Gasteiger partial charge is 0.343 e. The van der Waals surface area contributed by atoms with E-state index in [1.165, 1.54) is 11.2 Å². The highest BCUT2D eigenvalue weighted by molar-refractivity contribution is 5.93. The van der Waals surface area contributed by atoms with Crippen LogP contribution in [0.2, 0.25) is 0 Å². The molecule has 1 rings (SSSR count). The van der Waals surface area contributed by atoms with Gasteiger partial charge in [-0.3, -0.25) is 10.1 Å². The molecule has 0 radical (unpaired) electrons. The number of H-pyrrole nitrogens is 1. The van der Waals surface area contributed by atoms with Crippen LogP contribution < -0.4 is 0 Å². The molecule has 106 valence electrons. The molecule has 0 aliphatic heterocycles. The van der Waals surface area contributed by atoms with Crippen molar-refractivity contribution in [1.29, 1.82) is 0 Å². The molecule has 1 aromatic heterocycles. The Bertz CT molecular complexity index is 414. The number of carbonyl (C=O) groups is 1. The van der Waals surface area contributed by atoms with Gasteiger partial charge < -0.3 is 14.9 Å². The lowest BCUT2D eigenvalue weighted by molar-refractivity contribution is 0.0527. The van der Waals surface area contributed by atoms with Crippen LogP contribution in [0.3, 0.4) is 0 Å². The largest absolute Gasteiger partial charge is 0.462 e. The first-order valence-electron chi connectivity index (χ1n) is 5.81. The second kappa shape index (κ2) is 8.16. The number of carbonyl (C=O) groups excluding carboxylic acids is 1. The molecule has 0 atom stereocenters. The fraction of sp³-hybridized carbons (Fsp3) is 0.600. The standard InChI is InChI=1S/C10H17N5O4/c1-2-19-10(18)8-7-11-12-9(8)13-14-15(3-5-16)4-6-17/h7,16-17H,2-6H2,1H3,(H,11,12)/b14-13+. The van der Waals surface area contributed by atoms with Crippen molar-refractivity contribution in [2.45, 2.75) is 6.92 Å². The normalized spacial score (nSPS) is 10.9. The zero-order valence-electron chi connectivity index (χ0n) is 10.6. The summed E-state index contributed by atoms with van der Waals surface area (Å²) in [6.45, 7) is 2.17. The number of esters is 1. The van der Waals surface area contributed by atoms with E-state index in [2.05, 4.69) is 20.5 Å². The Morgan fingerprint density at radius 2 is 2.16 bits per heavy atom. The fourth-order valence-electron chi connectivity index (χ4n) is 1.25. The first-order chi connectivity index (χ1) is 9.22. The molecular formula is C10H17N5O4. The fourth-order valence-corrected chi connectivity index (χ4v) is 1.25. The number of aliphatic hydroxyl groups is 2. The number of hydrogen-bond acceptors (Lipinski definition) is 7. The number of nitrogens with one attached hydrogen (secondary N) is 1. The minimum Gasteiger partial charge on any atom is -0.462 e. The molecule has 0 amide bonds.